The molecule has 1 unspecified atom stereocenters. The van der Waals surface area contributed by atoms with Gasteiger partial charge in [-0.15, -0.1) is 5.10 Å². The van der Waals surface area contributed by atoms with Crippen LogP contribution in [0.4, 0.5) is 0 Å². The molecular weight excluding hydrogens is 270 g/mol. The molecule has 2 rings (SSSR count). The van der Waals surface area contributed by atoms with Crippen molar-refractivity contribution in [2.75, 3.05) is 6.61 Å². The number of aromatic nitrogens is 3. The fraction of sp³-hybridized carbons (Fsp3) is 0.400. The van der Waals surface area contributed by atoms with Crippen LogP contribution in [0.1, 0.15) is 30.8 Å². The van der Waals surface area contributed by atoms with Gasteiger partial charge in [-0.1, -0.05) is 42.5 Å². The molecule has 1 aromatic carbocycles. The number of carbonyl (C=O) groups excluding carboxylic acids is 1. The molecule has 0 aliphatic rings. The van der Waals surface area contributed by atoms with Crippen LogP contribution in [-0.2, 0) is 11.3 Å². The lowest BCUT2D eigenvalue weighted by molar-refractivity contribution is 0.0520. The van der Waals surface area contributed by atoms with E-state index < -0.39 is 12.1 Å². The van der Waals surface area contributed by atoms with Gasteiger partial charge in [0.1, 0.15) is 5.69 Å². The Bertz CT molecular complexity index is 595. The Morgan fingerprint density at radius 2 is 2.05 bits per heavy atom. The molecule has 6 nitrogen and oxygen atoms in total. The fourth-order valence-electron chi connectivity index (χ4n) is 1.99. The molecule has 0 aliphatic heterocycles. The molecule has 0 saturated heterocycles. The van der Waals surface area contributed by atoms with Crippen LogP contribution >= 0.6 is 0 Å². The molecule has 6 heteroatoms. The van der Waals surface area contributed by atoms with Crippen LogP contribution in [0, 0.1) is 0 Å². The fourth-order valence-corrected chi connectivity index (χ4v) is 1.99. The van der Waals surface area contributed by atoms with Crippen molar-refractivity contribution >= 4 is 5.97 Å². The monoisotopic (exact) mass is 289 g/mol. The summed E-state index contributed by atoms with van der Waals surface area (Å²) >= 11 is 0. The Morgan fingerprint density at radius 3 is 2.67 bits per heavy atom. The third-order valence-electron chi connectivity index (χ3n) is 3.11. The van der Waals surface area contributed by atoms with E-state index in [0.29, 0.717) is 12.1 Å². The highest BCUT2D eigenvalue weighted by atomic mass is 16.5. The molecule has 2 aromatic rings. The third-order valence-corrected chi connectivity index (χ3v) is 3.11. The summed E-state index contributed by atoms with van der Waals surface area (Å²) in [6.45, 7) is 4.19. The molecule has 1 heterocycles. The molecule has 0 fully saturated rings. The van der Waals surface area contributed by atoms with Gasteiger partial charge in [0.25, 0.3) is 0 Å². The second-order valence-electron chi connectivity index (χ2n) is 4.62. The lowest BCUT2D eigenvalue weighted by atomic mass is 10.1. The minimum Gasteiger partial charge on any atom is -0.461 e. The third kappa shape index (κ3) is 3.46. The Hall–Kier alpha value is -2.21. The van der Waals surface area contributed by atoms with E-state index in [2.05, 4.69) is 10.3 Å². The predicted octanol–water partition coefficient (Wildman–Crippen LogP) is 1.89. The van der Waals surface area contributed by atoms with Gasteiger partial charge < -0.3 is 9.84 Å². The normalized spacial score (nSPS) is 12.1. The molecule has 0 radical (unpaired) electrons. The number of benzene rings is 1. The van der Waals surface area contributed by atoms with E-state index in [4.69, 9.17) is 4.74 Å². The number of carbonyl (C=O) groups is 1. The summed E-state index contributed by atoms with van der Waals surface area (Å²) in [5.74, 6) is -0.506. The van der Waals surface area contributed by atoms with Crippen LogP contribution in [0.3, 0.4) is 0 Å². The van der Waals surface area contributed by atoms with Gasteiger partial charge in [0, 0.05) is 5.56 Å². The quantitative estimate of drug-likeness (QED) is 0.822. The average Bonchev–Trinajstić information content (AvgIpc) is 2.92. The summed E-state index contributed by atoms with van der Waals surface area (Å²) < 4.78 is 6.57. The molecule has 112 valence electrons. The largest absolute Gasteiger partial charge is 0.461 e. The van der Waals surface area contributed by atoms with Crippen molar-refractivity contribution < 1.29 is 14.6 Å². The van der Waals surface area contributed by atoms with Gasteiger partial charge in [-0.2, -0.15) is 0 Å². The van der Waals surface area contributed by atoms with Crippen molar-refractivity contribution in [3.63, 3.8) is 0 Å². The van der Waals surface area contributed by atoms with Crippen molar-refractivity contribution in [1.29, 1.82) is 0 Å². The van der Waals surface area contributed by atoms with Gasteiger partial charge in [-0.25, -0.2) is 9.48 Å². The number of nitrogens with zero attached hydrogens (tertiary/aromatic N) is 3. The SMILES string of the molecule is CCOC(=O)c1nnn(CC(O)CC)c1-c1ccccc1. The van der Waals surface area contributed by atoms with E-state index in [1.54, 1.807) is 11.6 Å². The zero-order valence-electron chi connectivity index (χ0n) is 12.2. The predicted molar refractivity (Wildman–Crippen MR) is 77.7 cm³/mol. The van der Waals surface area contributed by atoms with E-state index in [9.17, 15) is 9.90 Å². The number of esters is 1. The van der Waals surface area contributed by atoms with Crippen molar-refractivity contribution in [1.82, 2.24) is 15.0 Å². The molecule has 0 saturated carbocycles. The van der Waals surface area contributed by atoms with Gasteiger partial charge in [0.15, 0.2) is 5.69 Å². The summed E-state index contributed by atoms with van der Waals surface area (Å²) in [7, 11) is 0. The van der Waals surface area contributed by atoms with Crippen molar-refractivity contribution in [2.45, 2.75) is 32.9 Å². The van der Waals surface area contributed by atoms with E-state index in [1.807, 2.05) is 37.3 Å². The summed E-state index contributed by atoms with van der Waals surface area (Å²) in [5, 5.41) is 17.7. The van der Waals surface area contributed by atoms with E-state index >= 15 is 0 Å². The van der Waals surface area contributed by atoms with Crippen LogP contribution in [0.5, 0.6) is 0 Å². The smallest absolute Gasteiger partial charge is 0.361 e. The van der Waals surface area contributed by atoms with E-state index in [-0.39, 0.29) is 18.8 Å². The second kappa shape index (κ2) is 6.99. The van der Waals surface area contributed by atoms with Gasteiger partial charge >= 0.3 is 5.97 Å². The van der Waals surface area contributed by atoms with Gasteiger partial charge in [0.2, 0.25) is 0 Å². The molecule has 0 aliphatic carbocycles. The average molecular weight is 289 g/mol. The maximum atomic E-state index is 12.0. The molecule has 21 heavy (non-hydrogen) atoms. The summed E-state index contributed by atoms with van der Waals surface area (Å²) in [6, 6.07) is 9.38. The minimum atomic E-state index is -0.538. The Kier molecular flexibility index (Phi) is 5.05. The van der Waals surface area contributed by atoms with Crippen molar-refractivity contribution in [3.05, 3.63) is 36.0 Å². The van der Waals surface area contributed by atoms with Crippen molar-refractivity contribution in [3.8, 4) is 11.3 Å². The molecule has 1 N–H and O–H groups in total. The number of hydrogen-bond acceptors (Lipinski definition) is 5. The molecule has 1 atom stereocenters. The summed E-state index contributed by atoms with van der Waals surface area (Å²) in [4.78, 5) is 12.0. The van der Waals surface area contributed by atoms with Crippen LogP contribution in [0.25, 0.3) is 11.3 Å². The highest BCUT2D eigenvalue weighted by Gasteiger charge is 2.23. The number of aliphatic hydroxyl groups is 1. The van der Waals surface area contributed by atoms with Gasteiger partial charge in [0.05, 0.1) is 19.3 Å². The Morgan fingerprint density at radius 1 is 1.33 bits per heavy atom. The first-order valence-electron chi connectivity index (χ1n) is 7.01. The first kappa shape index (κ1) is 15.2. The molecule has 0 bridgehead atoms. The van der Waals surface area contributed by atoms with Crippen LogP contribution in [0.2, 0.25) is 0 Å². The van der Waals surface area contributed by atoms with Gasteiger partial charge in [-0.05, 0) is 13.3 Å². The standard InChI is InChI=1S/C15H19N3O3/c1-3-12(19)10-18-14(11-8-6-5-7-9-11)13(16-17-18)15(20)21-4-2/h5-9,12,19H,3-4,10H2,1-2H3. The molecule has 1 aromatic heterocycles. The maximum absolute atomic E-state index is 12.0. The number of aliphatic hydroxyl groups excluding tert-OH is 1. The lowest BCUT2D eigenvalue weighted by Gasteiger charge is -2.11. The minimum absolute atomic E-state index is 0.173. The zero-order valence-corrected chi connectivity index (χ0v) is 12.2. The number of ether oxygens (including phenoxy) is 1. The van der Waals surface area contributed by atoms with Crippen LogP contribution in [0.15, 0.2) is 30.3 Å². The zero-order chi connectivity index (χ0) is 15.2. The lowest BCUT2D eigenvalue weighted by Crippen LogP contribution is -2.17. The Labute approximate surface area is 123 Å². The highest BCUT2D eigenvalue weighted by Crippen LogP contribution is 2.23. The summed E-state index contributed by atoms with van der Waals surface area (Å²) in [5.41, 5.74) is 1.56. The highest BCUT2D eigenvalue weighted by molar-refractivity contribution is 5.94. The maximum Gasteiger partial charge on any atom is 0.361 e. The Balaban J connectivity index is 2.45. The molecule has 0 spiro atoms. The number of hydrogen-bond donors (Lipinski definition) is 1. The van der Waals surface area contributed by atoms with E-state index in [1.165, 1.54) is 0 Å². The van der Waals surface area contributed by atoms with Crippen LogP contribution < -0.4 is 0 Å². The van der Waals surface area contributed by atoms with E-state index in [0.717, 1.165) is 5.56 Å². The van der Waals surface area contributed by atoms with Crippen molar-refractivity contribution in [2.24, 2.45) is 0 Å². The summed E-state index contributed by atoms with van der Waals surface area (Å²) in [6.07, 6.45) is 0.0623. The number of rotatable bonds is 6. The molecular formula is C15H19N3O3. The molecule has 0 amide bonds. The second-order valence-corrected chi connectivity index (χ2v) is 4.62. The first-order valence-corrected chi connectivity index (χ1v) is 7.01. The topological polar surface area (TPSA) is 77.2 Å². The first-order chi connectivity index (χ1) is 10.2. The van der Waals surface area contributed by atoms with Crippen LogP contribution in [-0.4, -0.2) is 38.8 Å². The van der Waals surface area contributed by atoms with Gasteiger partial charge in [-0.3, -0.25) is 0 Å².